The molecule has 2 heterocycles. The normalized spacial score (nSPS) is 14.6. The van der Waals surface area contributed by atoms with Gasteiger partial charge in [-0.25, -0.2) is 13.4 Å². The number of benzene rings is 1. The molecule has 0 unspecified atom stereocenters. The van der Waals surface area contributed by atoms with Crippen molar-refractivity contribution < 1.29 is 13.2 Å². The van der Waals surface area contributed by atoms with Gasteiger partial charge in [-0.1, -0.05) is 6.07 Å². The average Bonchev–Trinajstić information content (AvgIpc) is 2.92. The van der Waals surface area contributed by atoms with Crippen LogP contribution in [0.5, 0.6) is 0 Å². The lowest BCUT2D eigenvalue weighted by Gasteiger charge is -2.29. The zero-order chi connectivity index (χ0) is 16.6. The molecule has 3 rings (SSSR count). The lowest BCUT2D eigenvalue weighted by molar-refractivity contribution is -0.117. The van der Waals surface area contributed by atoms with E-state index >= 15 is 0 Å². The lowest BCUT2D eigenvalue weighted by atomic mass is 10.00. The third-order valence-corrected chi connectivity index (χ3v) is 5.76. The molecule has 0 saturated heterocycles. The SMILES string of the molecule is CS(=O)(=O)N1CCCc2cc(-c3csc(CC(N)=O)n3)ccc21. The van der Waals surface area contributed by atoms with Gasteiger partial charge < -0.3 is 5.73 Å². The molecule has 1 aliphatic rings. The van der Waals surface area contributed by atoms with Gasteiger partial charge >= 0.3 is 0 Å². The van der Waals surface area contributed by atoms with Gasteiger partial charge in [0.25, 0.3) is 0 Å². The second-order valence-electron chi connectivity index (χ2n) is 5.55. The molecular weight excluding hydrogens is 334 g/mol. The van der Waals surface area contributed by atoms with Gasteiger partial charge in [-0.05, 0) is 30.5 Å². The lowest BCUT2D eigenvalue weighted by Crippen LogP contribution is -2.34. The van der Waals surface area contributed by atoms with E-state index in [0.717, 1.165) is 35.3 Å². The molecule has 8 heteroatoms. The number of rotatable bonds is 4. The molecule has 0 bridgehead atoms. The van der Waals surface area contributed by atoms with Crippen molar-refractivity contribution in [3.8, 4) is 11.3 Å². The summed E-state index contributed by atoms with van der Waals surface area (Å²) >= 11 is 1.40. The highest BCUT2D eigenvalue weighted by Crippen LogP contribution is 2.33. The molecule has 1 aromatic carbocycles. The number of aromatic nitrogens is 1. The highest BCUT2D eigenvalue weighted by Gasteiger charge is 2.24. The van der Waals surface area contributed by atoms with E-state index in [0.29, 0.717) is 11.6 Å². The first-order chi connectivity index (χ1) is 10.8. The monoisotopic (exact) mass is 351 g/mol. The highest BCUT2D eigenvalue weighted by atomic mass is 32.2. The van der Waals surface area contributed by atoms with Crippen LogP contribution in [0.4, 0.5) is 5.69 Å². The molecule has 0 spiro atoms. The number of thiazole rings is 1. The van der Waals surface area contributed by atoms with Crippen molar-refractivity contribution in [2.75, 3.05) is 17.1 Å². The number of carbonyl (C=O) groups is 1. The Morgan fingerprint density at radius 3 is 2.91 bits per heavy atom. The van der Waals surface area contributed by atoms with Crippen molar-refractivity contribution in [3.05, 3.63) is 34.2 Å². The first-order valence-electron chi connectivity index (χ1n) is 7.18. The molecule has 2 aromatic rings. The Bertz CT molecular complexity index is 859. The van der Waals surface area contributed by atoms with E-state index in [4.69, 9.17) is 5.73 Å². The van der Waals surface area contributed by atoms with Gasteiger partial charge in [0, 0.05) is 17.5 Å². The maximum Gasteiger partial charge on any atom is 0.232 e. The number of amides is 1. The number of primary amides is 1. The fourth-order valence-corrected chi connectivity index (χ4v) is 4.55. The minimum atomic E-state index is -3.26. The van der Waals surface area contributed by atoms with E-state index < -0.39 is 15.9 Å². The van der Waals surface area contributed by atoms with Crippen molar-refractivity contribution in [1.29, 1.82) is 0 Å². The second kappa shape index (κ2) is 5.93. The van der Waals surface area contributed by atoms with Crippen LogP contribution in [0.1, 0.15) is 17.0 Å². The third-order valence-electron chi connectivity index (χ3n) is 3.73. The molecule has 1 aromatic heterocycles. The number of nitrogens with zero attached hydrogens (tertiary/aromatic N) is 2. The molecule has 1 aliphatic heterocycles. The minimum absolute atomic E-state index is 0.136. The van der Waals surface area contributed by atoms with Crippen LogP contribution in [0.15, 0.2) is 23.6 Å². The summed E-state index contributed by atoms with van der Waals surface area (Å²) in [5.41, 5.74) is 8.64. The van der Waals surface area contributed by atoms with Gasteiger partial charge in [-0.3, -0.25) is 9.10 Å². The van der Waals surface area contributed by atoms with Gasteiger partial charge in [0.2, 0.25) is 15.9 Å². The molecule has 0 fully saturated rings. The molecular formula is C15H17N3O3S2. The zero-order valence-electron chi connectivity index (χ0n) is 12.7. The second-order valence-corrected chi connectivity index (χ2v) is 8.40. The van der Waals surface area contributed by atoms with Crippen molar-refractivity contribution >= 4 is 33.0 Å². The summed E-state index contributed by atoms with van der Waals surface area (Å²) < 4.78 is 25.2. The molecule has 0 radical (unpaired) electrons. The first-order valence-corrected chi connectivity index (χ1v) is 9.91. The van der Waals surface area contributed by atoms with Gasteiger partial charge in [0.15, 0.2) is 0 Å². The third kappa shape index (κ3) is 3.37. The van der Waals surface area contributed by atoms with Crippen molar-refractivity contribution in [3.63, 3.8) is 0 Å². The molecule has 1 amide bonds. The van der Waals surface area contributed by atoms with E-state index in [2.05, 4.69) is 4.98 Å². The van der Waals surface area contributed by atoms with E-state index in [1.807, 2.05) is 23.6 Å². The number of carbonyl (C=O) groups excluding carboxylic acids is 1. The fraction of sp³-hybridized carbons (Fsp3) is 0.333. The van der Waals surface area contributed by atoms with Crippen LogP contribution in [0.3, 0.4) is 0 Å². The van der Waals surface area contributed by atoms with Crippen molar-refractivity contribution in [1.82, 2.24) is 4.98 Å². The Balaban J connectivity index is 1.95. The summed E-state index contributed by atoms with van der Waals surface area (Å²) in [7, 11) is -3.26. The number of anilines is 1. The summed E-state index contributed by atoms with van der Waals surface area (Å²) in [4.78, 5) is 15.4. The smallest absolute Gasteiger partial charge is 0.232 e. The largest absolute Gasteiger partial charge is 0.369 e. The molecule has 0 atom stereocenters. The quantitative estimate of drug-likeness (QED) is 0.904. The standard InChI is InChI=1S/C15H17N3O3S2/c1-23(20,21)18-6-2-3-11-7-10(4-5-13(11)18)12-9-22-15(17-12)8-14(16)19/h4-5,7,9H,2-3,6,8H2,1H3,(H2,16,19). The minimum Gasteiger partial charge on any atom is -0.369 e. The number of fused-ring (bicyclic) bond motifs is 1. The summed E-state index contributed by atoms with van der Waals surface area (Å²) in [6, 6.07) is 5.68. The number of sulfonamides is 1. The Morgan fingerprint density at radius 1 is 1.43 bits per heavy atom. The number of hydrogen-bond acceptors (Lipinski definition) is 5. The number of nitrogens with two attached hydrogens (primary N) is 1. The maximum absolute atomic E-state index is 11.9. The molecule has 6 nitrogen and oxygen atoms in total. The maximum atomic E-state index is 11.9. The molecule has 0 aliphatic carbocycles. The van der Waals surface area contributed by atoms with Crippen LogP contribution in [-0.4, -0.2) is 32.1 Å². The topological polar surface area (TPSA) is 93.4 Å². The Morgan fingerprint density at radius 2 is 2.22 bits per heavy atom. The summed E-state index contributed by atoms with van der Waals surface area (Å²) in [5, 5.41) is 2.57. The van der Waals surface area contributed by atoms with E-state index in [1.165, 1.54) is 21.9 Å². The Labute approximate surface area is 139 Å². The van der Waals surface area contributed by atoms with Gasteiger partial charge in [0.05, 0.1) is 24.1 Å². The van der Waals surface area contributed by atoms with Crippen LogP contribution in [0, 0.1) is 0 Å². The van der Waals surface area contributed by atoms with Crippen LogP contribution in [0.25, 0.3) is 11.3 Å². The average molecular weight is 351 g/mol. The summed E-state index contributed by atoms with van der Waals surface area (Å²) in [6.45, 7) is 0.518. The zero-order valence-corrected chi connectivity index (χ0v) is 14.3. The summed E-state index contributed by atoms with van der Waals surface area (Å²) in [5.74, 6) is -0.403. The van der Waals surface area contributed by atoms with E-state index in [-0.39, 0.29) is 6.42 Å². The van der Waals surface area contributed by atoms with Gasteiger partial charge in [-0.2, -0.15) is 0 Å². The number of aryl methyl sites for hydroxylation is 1. The van der Waals surface area contributed by atoms with Crippen molar-refractivity contribution in [2.45, 2.75) is 19.3 Å². The van der Waals surface area contributed by atoms with Crippen LogP contribution < -0.4 is 10.0 Å². The predicted molar refractivity (Wildman–Crippen MR) is 91.0 cm³/mol. The van der Waals surface area contributed by atoms with Gasteiger partial charge in [0.1, 0.15) is 5.01 Å². The molecule has 2 N–H and O–H groups in total. The van der Waals surface area contributed by atoms with Crippen LogP contribution in [0.2, 0.25) is 0 Å². The molecule has 0 saturated carbocycles. The van der Waals surface area contributed by atoms with Crippen molar-refractivity contribution in [2.24, 2.45) is 5.73 Å². The van der Waals surface area contributed by atoms with E-state index in [9.17, 15) is 13.2 Å². The molecule has 23 heavy (non-hydrogen) atoms. The Kier molecular flexibility index (Phi) is 4.11. The number of hydrogen-bond donors (Lipinski definition) is 1. The fourth-order valence-electron chi connectivity index (χ4n) is 2.74. The molecule has 122 valence electrons. The first kappa shape index (κ1) is 15.9. The van der Waals surface area contributed by atoms with E-state index in [1.54, 1.807) is 0 Å². The highest BCUT2D eigenvalue weighted by molar-refractivity contribution is 7.92. The van der Waals surface area contributed by atoms with Crippen LogP contribution in [-0.2, 0) is 27.7 Å². The van der Waals surface area contributed by atoms with Crippen LogP contribution >= 0.6 is 11.3 Å². The predicted octanol–water partition coefficient (Wildman–Crippen LogP) is 1.55. The Hall–Kier alpha value is -1.93. The summed E-state index contributed by atoms with van der Waals surface area (Å²) in [6.07, 6.45) is 3.00. The van der Waals surface area contributed by atoms with Gasteiger partial charge in [-0.15, -0.1) is 11.3 Å².